The number of hydrogen-bond donors (Lipinski definition) is 0. The van der Waals surface area contributed by atoms with Crippen LogP contribution in [-0.4, -0.2) is 10.8 Å². The summed E-state index contributed by atoms with van der Waals surface area (Å²) >= 11 is 6.94. The quantitative estimate of drug-likeness (QED) is 0.193. The van der Waals surface area contributed by atoms with Gasteiger partial charge in [0.05, 0.1) is 17.7 Å². The largest absolute Gasteiger partial charge is 0.758 e. The van der Waals surface area contributed by atoms with Crippen molar-refractivity contribution in [2.24, 2.45) is 4.99 Å². The number of aliphatic imine (C=N–C) groups is 1. The first-order valence-corrected chi connectivity index (χ1v) is 9.79. The lowest BCUT2D eigenvalue weighted by Crippen LogP contribution is -2.47. The van der Waals surface area contributed by atoms with Crippen molar-refractivity contribution in [3.8, 4) is 0 Å². The molecule has 0 radical (unpaired) electrons. The van der Waals surface area contributed by atoms with Crippen molar-refractivity contribution in [1.29, 1.82) is 0 Å². The number of carbonyl (C=O) groups excluding carboxylic acids is 1. The first-order chi connectivity index (χ1) is 12.7. The van der Waals surface area contributed by atoms with E-state index < -0.39 is 6.04 Å². The summed E-state index contributed by atoms with van der Waals surface area (Å²) in [6, 6.07) is 10.8. The van der Waals surface area contributed by atoms with Gasteiger partial charge in [0.1, 0.15) is 5.76 Å². The molecule has 0 unspecified atom stereocenters. The fraction of sp³-hybridized carbons (Fsp3) is 0.250. The van der Waals surface area contributed by atoms with Gasteiger partial charge >= 0.3 is 0 Å². The Bertz CT molecular complexity index is 854. The summed E-state index contributed by atoms with van der Waals surface area (Å²) in [6.07, 6.45) is 7.52. The van der Waals surface area contributed by atoms with E-state index in [1.165, 1.54) is 16.9 Å². The molecule has 0 bridgehead atoms. The minimum atomic E-state index is -0.630. The Hall–Kier alpha value is -2.31. The minimum absolute atomic E-state index is 0.0403. The molecule has 1 atom stereocenters. The van der Waals surface area contributed by atoms with Crippen LogP contribution in [-0.2, 0) is 25.6 Å². The molecule has 6 heteroatoms. The van der Waals surface area contributed by atoms with Gasteiger partial charge in [0.2, 0.25) is 11.8 Å². The standard InChI is InChI=1S/C20H20N2O2S2/c1-2-5-15-8-10-22(11-9-15)18(19(23)17-7-4-13-26-17)20(25)21-14-16-6-3-12-24-16/h3-4,6-13,18H,2,5,14H2,1H3/t18-/m1/s1. The van der Waals surface area contributed by atoms with Gasteiger partial charge in [-0.15, -0.1) is 11.3 Å². The molecule has 3 heterocycles. The second-order valence-electron chi connectivity index (χ2n) is 5.88. The highest BCUT2D eigenvalue weighted by Gasteiger charge is 2.29. The number of hydrogen-bond acceptors (Lipinski definition) is 5. The Balaban J connectivity index is 1.90. The summed E-state index contributed by atoms with van der Waals surface area (Å²) in [5.41, 5.74) is 1.24. The van der Waals surface area contributed by atoms with Crippen molar-refractivity contribution in [2.45, 2.75) is 32.4 Å². The highest BCUT2D eigenvalue weighted by molar-refractivity contribution is 7.77. The van der Waals surface area contributed by atoms with Crippen LogP contribution in [0.5, 0.6) is 0 Å². The number of furan rings is 1. The molecule has 26 heavy (non-hydrogen) atoms. The molecule has 0 aromatic carbocycles. The van der Waals surface area contributed by atoms with E-state index in [-0.39, 0.29) is 5.78 Å². The van der Waals surface area contributed by atoms with Crippen LogP contribution in [0.3, 0.4) is 0 Å². The molecule has 0 aliphatic rings. The lowest BCUT2D eigenvalue weighted by molar-refractivity contribution is -0.691. The van der Waals surface area contributed by atoms with E-state index in [0.29, 0.717) is 16.5 Å². The molecular weight excluding hydrogens is 364 g/mol. The van der Waals surface area contributed by atoms with E-state index in [1.54, 1.807) is 6.26 Å². The third-order valence-electron chi connectivity index (χ3n) is 3.98. The second kappa shape index (κ2) is 8.87. The Kier molecular flexibility index (Phi) is 6.30. The molecule has 4 nitrogen and oxygen atoms in total. The SMILES string of the molecule is CCCc1cc[n+]([C@H](C(=O)c2cccs2)C([S-])=NCc2ccco2)cc1. The highest BCUT2D eigenvalue weighted by atomic mass is 32.1. The van der Waals surface area contributed by atoms with Gasteiger partial charge in [-0.1, -0.05) is 19.4 Å². The van der Waals surface area contributed by atoms with Crippen LogP contribution in [0.2, 0.25) is 0 Å². The van der Waals surface area contributed by atoms with Crippen molar-refractivity contribution in [3.05, 3.63) is 76.6 Å². The van der Waals surface area contributed by atoms with Crippen LogP contribution >= 0.6 is 11.3 Å². The molecule has 0 N–H and O–H groups in total. The van der Waals surface area contributed by atoms with Gasteiger partial charge in [-0.05, 0) is 40.6 Å². The first-order valence-electron chi connectivity index (χ1n) is 8.50. The fourth-order valence-electron chi connectivity index (χ4n) is 2.67. The highest BCUT2D eigenvalue weighted by Crippen LogP contribution is 2.17. The number of pyridine rings is 1. The van der Waals surface area contributed by atoms with E-state index >= 15 is 0 Å². The van der Waals surface area contributed by atoms with Gasteiger partial charge in [-0.2, -0.15) is 4.57 Å². The smallest absolute Gasteiger partial charge is 0.244 e. The molecule has 0 spiro atoms. The minimum Gasteiger partial charge on any atom is -0.758 e. The van der Waals surface area contributed by atoms with Crippen LogP contribution in [0, 0.1) is 0 Å². The van der Waals surface area contributed by atoms with E-state index in [2.05, 4.69) is 11.9 Å². The van der Waals surface area contributed by atoms with Crippen molar-refractivity contribution in [3.63, 3.8) is 0 Å². The molecule has 3 rings (SSSR count). The van der Waals surface area contributed by atoms with Crippen LogP contribution in [0.4, 0.5) is 0 Å². The van der Waals surface area contributed by atoms with E-state index in [1.807, 2.05) is 58.7 Å². The number of Topliss-reactive ketones (excluding diaryl/α,β-unsaturated/α-hetero) is 1. The fourth-order valence-corrected chi connectivity index (χ4v) is 3.65. The Morgan fingerprint density at radius 2 is 2.08 bits per heavy atom. The zero-order valence-electron chi connectivity index (χ0n) is 14.5. The number of aromatic nitrogens is 1. The lowest BCUT2D eigenvalue weighted by atomic mass is 10.1. The summed E-state index contributed by atoms with van der Waals surface area (Å²) in [5, 5.41) is 2.25. The lowest BCUT2D eigenvalue weighted by Gasteiger charge is -2.18. The number of nitrogens with zero attached hydrogens (tertiary/aromatic N) is 2. The summed E-state index contributed by atoms with van der Waals surface area (Å²) < 4.78 is 7.14. The maximum atomic E-state index is 13.0. The van der Waals surface area contributed by atoms with Crippen LogP contribution < -0.4 is 4.57 Å². The average molecular weight is 385 g/mol. The molecule has 0 fully saturated rings. The number of aryl methyl sites for hydroxylation is 1. The van der Waals surface area contributed by atoms with E-state index in [4.69, 9.17) is 17.0 Å². The molecule has 0 saturated heterocycles. The van der Waals surface area contributed by atoms with Crippen molar-refractivity contribution < 1.29 is 13.8 Å². The van der Waals surface area contributed by atoms with Gasteiger partial charge in [0.25, 0.3) is 0 Å². The Morgan fingerprint density at radius 1 is 1.27 bits per heavy atom. The van der Waals surface area contributed by atoms with Gasteiger partial charge in [0.15, 0.2) is 12.4 Å². The third kappa shape index (κ3) is 4.45. The topological polar surface area (TPSA) is 46.5 Å². The molecule has 0 amide bonds. The molecule has 0 aliphatic carbocycles. The van der Waals surface area contributed by atoms with Gasteiger partial charge in [-0.3, -0.25) is 4.79 Å². The van der Waals surface area contributed by atoms with Gasteiger partial charge in [0, 0.05) is 12.1 Å². The molecular formula is C20H20N2O2S2. The maximum absolute atomic E-state index is 13.0. The monoisotopic (exact) mass is 384 g/mol. The van der Waals surface area contributed by atoms with Crippen LogP contribution in [0.15, 0.2) is 69.8 Å². The van der Waals surface area contributed by atoms with E-state index in [0.717, 1.165) is 18.6 Å². The van der Waals surface area contributed by atoms with Gasteiger partial charge < -0.3 is 22.0 Å². The number of thiophene rings is 1. The molecule has 0 aliphatic heterocycles. The second-order valence-corrected chi connectivity index (χ2v) is 7.25. The predicted octanol–water partition coefficient (Wildman–Crippen LogP) is 4.15. The van der Waals surface area contributed by atoms with E-state index in [9.17, 15) is 4.79 Å². The Morgan fingerprint density at radius 3 is 2.69 bits per heavy atom. The number of ketones is 1. The maximum Gasteiger partial charge on any atom is 0.244 e. The van der Waals surface area contributed by atoms with Crippen LogP contribution in [0.1, 0.15) is 40.4 Å². The number of rotatable bonds is 8. The molecule has 3 aromatic heterocycles. The summed E-state index contributed by atoms with van der Waals surface area (Å²) in [7, 11) is 0. The third-order valence-corrected chi connectivity index (χ3v) is 5.21. The molecule has 0 saturated carbocycles. The summed E-state index contributed by atoms with van der Waals surface area (Å²) in [4.78, 5) is 18.1. The zero-order chi connectivity index (χ0) is 18.4. The van der Waals surface area contributed by atoms with Gasteiger partial charge in [-0.25, -0.2) is 0 Å². The zero-order valence-corrected chi connectivity index (χ0v) is 16.1. The predicted molar refractivity (Wildman–Crippen MR) is 106 cm³/mol. The van der Waals surface area contributed by atoms with Crippen molar-refractivity contribution in [2.75, 3.05) is 0 Å². The summed E-state index contributed by atoms with van der Waals surface area (Å²) in [5.74, 6) is 0.680. The molecule has 3 aromatic rings. The average Bonchev–Trinajstić information content (AvgIpc) is 3.36. The normalized spacial score (nSPS) is 12.9. The van der Waals surface area contributed by atoms with Crippen molar-refractivity contribution in [1.82, 2.24) is 0 Å². The van der Waals surface area contributed by atoms with Crippen molar-refractivity contribution >= 4 is 34.8 Å². The number of carbonyl (C=O) groups is 1. The Labute approximate surface area is 162 Å². The first kappa shape index (κ1) is 18.5. The summed E-state index contributed by atoms with van der Waals surface area (Å²) in [6.45, 7) is 2.47. The van der Waals surface area contributed by atoms with Crippen LogP contribution in [0.25, 0.3) is 0 Å². The molecule has 134 valence electrons.